The number of Topliss-reactive ketones (excluding diaryl/α,β-unsaturated/α-hetero) is 2. The summed E-state index contributed by atoms with van der Waals surface area (Å²) in [6, 6.07) is 16.1. The van der Waals surface area contributed by atoms with Crippen LogP contribution >= 0.6 is 0 Å². The summed E-state index contributed by atoms with van der Waals surface area (Å²) in [4.78, 5) is 50.4. The highest BCUT2D eigenvalue weighted by atomic mass is 19.4. The van der Waals surface area contributed by atoms with Crippen molar-refractivity contribution in [1.82, 2.24) is 0 Å². The zero-order valence-corrected chi connectivity index (χ0v) is 23.3. The topological polar surface area (TPSA) is 86.7 Å². The van der Waals surface area contributed by atoms with Crippen LogP contribution in [0, 0.1) is 23.2 Å². The van der Waals surface area contributed by atoms with Gasteiger partial charge in [-0.25, -0.2) is 9.59 Å². The van der Waals surface area contributed by atoms with E-state index in [1.807, 2.05) is 0 Å². The van der Waals surface area contributed by atoms with E-state index < -0.39 is 54.0 Å². The highest BCUT2D eigenvalue weighted by molar-refractivity contribution is 5.97. The van der Waals surface area contributed by atoms with Gasteiger partial charge in [-0.1, -0.05) is 42.0 Å². The van der Waals surface area contributed by atoms with Crippen LogP contribution in [0.25, 0.3) is 0 Å². The Morgan fingerprint density at radius 1 is 0.929 bits per heavy atom. The molecule has 2 aromatic rings. The van der Waals surface area contributed by atoms with E-state index in [-0.39, 0.29) is 67.6 Å². The molecule has 2 aromatic carbocycles. The molecular weight excluding hydrogens is 549 g/mol. The van der Waals surface area contributed by atoms with Gasteiger partial charge < -0.3 is 14.3 Å². The van der Waals surface area contributed by atoms with Gasteiger partial charge in [-0.05, 0) is 80.7 Å². The Labute approximate surface area is 242 Å². The monoisotopic (exact) mass is 582 g/mol. The molecule has 42 heavy (non-hydrogen) atoms. The average Bonchev–Trinajstić information content (AvgIpc) is 3.30. The maximum atomic E-state index is 15.4. The molecule has 222 valence electrons. The second kappa shape index (κ2) is 11.9. The number of allylic oxidation sites excluding steroid dienone is 2. The van der Waals surface area contributed by atoms with Crippen LogP contribution in [0.1, 0.15) is 72.6 Å². The van der Waals surface area contributed by atoms with Crippen molar-refractivity contribution in [1.29, 1.82) is 0 Å². The second-order valence-corrected chi connectivity index (χ2v) is 11.5. The molecule has 3 aliphatic carbocycles. The largest absolute Gasteiger partial charge is 0.462 e. The summed E-state index contributed by atoms with van der Waals surface area (Å²) in [6.45, 7) is 0.855. The van der Waals surface area contributed by atoms with Crippen LogP contribution in [0.3, 0.4) is 0 Å². The first-order chi connectivity index (χ1) is 20.0. The number of carbonyl (C=O) groups excluding carboxylic acids is 4. The van der Waals surface area contributed by atoms with Crippen LogP contribution < -0.4 is 0 Å². The molecule has 5 rings (SSSR count). The molecule has 2 saturated carbocycles. The lowest BCUT2D eigenvalue weighted by atomic mass is 9.55. The third-order valence-electron chi connectivity index (χ3n) is 9.33. The van der Waals surface area contributed by atoms with Crippen molar-refractivity contribution in [3.05, 3.63) is 82.9 Å². The molecule has 0 amide bonds. The fourth-order valence-electron chi connectivity index (χ4n) is 7.41. The Hall–Kier alpha value is -3.75. The SMILES string of the molecule is CC(=O)CCC1=C2CC[C@]3(C(F)(F)F)[C@H](COC(=O)c4ccccc4)[C@H](OC(=O)c4ccccc4)C[C@H]3C2CCC1=O. The van der Waals surface area contributed by atoms with E-state index in [4.69, 9.17) is 9.47 Å². The van der Waals surface area contributed by atoms with Crippen molar-refractivity contribution in [2.75, 3.05) is 6.61 Å². The Morgan fingerprint density at radius 2 is 1.55 bits per heavy atom. The maximum absolute atomic E-state index is 15.4. The maximum Gasteiger partial charge on any atom is 0.395 e. The number of alkyl halides is 3. The molecule has 6 nitrogen and oxygen atoms in total. The molecule has 9 heteroatoms. The Bertz CT molecular complexity index is 1380. The zero-order chi connectivity index (χ0) is 30.1. The predicted octanol–water partition coefficient (Wildman–Crippen LogP) is 6.69. The molecule has 0 N–H and O–H groups in total. The van der Waals surface area contributed by atoms with Gasteiger partial charge in [0, 0.05) is 18.8 Å². The summed E-state index contributed by atoms with van der Waals surface area (Å²) in [6.07, 6.45) is -5.47. The second-order valence-electron chi connectivity index (χ2n) is 11.5. The van der Waals surface area contributed by atoms with Crippen molar-refractivity contribution >= 4 is 23.5 Å². The molecular formula is C33H33F3O6. The fraction of sp³-hybridized carbons (Fsp3) is 0.455. The minimum Gasteiger partial charge on any atom is -0.462 e. The number of rotatable bonds is 8. The van der Waals surface area contributed by atoms with Crippen molar-refractivity contribution in [2.45, 2.75) is 64.1 Å². The lowest BCUT2D eigenvalue weighted by Gasteiger charge is -2.50. The highest BCUT2D eigenvalue weighted by Crippen LogP contribution is 2.67. The molecule has 0 aliphatic heterocycles. The molecule has 5 atom stereocenters. The molecule has 0 spiro atoms. The molecule has 0 saturated heterocycles. The lowest BCUT2D eigenvalue weighted by Crippen LogP contribution is -2.53. The summed E-state index contributed by atoms with van der Waals surface area (Å²) in [5.74, 6) is -4.55. The average molecular weight is 583 g/mol. The molecule has 0 radical (unpaired) electrons. The van der Waals surface area contributed by atoms with Gasteiger partial charge >= 0.3 is 18.1 Å². The van der Waals surface area contributed by atoms with Gasteiger partial charge in [0.2, 0.25) is 0 Å². The quantitative estimate of drug-likeness (QED) is 0.322. The van der Waals surface area contributed by atoms with E-state index >= 15 is 13.2 Å². The number of ether oxygens (including phenoxy) is 2. The van der Waals surface area contributed by atoms with Crippen LogP contribution in [0.5, 0.6) is 0 Å². The van der Waals surface area contributed by atoms with Crippen LogP contribution in [-0.4, -0.2) is 42.4 Å². The summed E-state index contributed by atoms with van der Waals surface area (Å²) in [5.41, 5.74) is -0.683. The molecule has 0 heterocycles. The van der Waals surface area contributed by atoms with Crippen molar-refractivity contribution in [3.63, 3.8) is 0 Å². The van der Waals surface area contributed by atoms with E-state index in [0.29, 0.717) is 11.1 Å². The van der Waals surface area contributed by atoms with E-state index in [9.17, 15) is 19.2 Å². The van der Waals surface area contributed by atoms with Gasteiger partial charge in [0.25, 0.3) is 0 Å². The fourth-order valence-corrected chi connectivity index (χ4v) is 7.41. The molecule has 1 unspecified atom stereocenters. The van der Waals surface area contributed by atoms with Crippen LogP contribution in [0.2, 0.25) is 0 Å². The van der Waals surface area contributed by atoms with Gasteiger partial charge in [0.1, 0.15) is 11.9 Å². The van der Waals surface area contributed by atoms with Gasteiger partial charge in [0.05, 0.1) is 23.1 Å². The molecule has 0 aromatic heterocycles. The number of hydrogen-bond acceptors (Lipinski definition) is 6. The third kappa shape index (κ3) is 5.53. The number of hydrogen-bond donors (Lipinski definition) is 0. The van der Waals surface area contributed by atoms with E-state index in [1.54, 1.807) is 36.4 Å². The van der Waals surface area contributed by atoms with Gasteiger partial charge in [0.15, 0.2) is 5.78 Å². The van der Waals surface area contributed by atoms with E-state index in [1.165, 1.54) is 31.2 Å². The summed E-state index contributed by atoms with van der Waals surface area (Å²) >= 11 is 0. The smallest absolute Gasteiger partial charge is 0.395 e. The van der Waals surface area contributed by atoms with E-state index in [2.05, 4.69) is 0 Å². The summed E-state index contributed by atoms with van der Waals surface area (Å²) in [5, 5.41) is 0. The Morgan fingerprint density at radius 3 is 2.14 bits per heavy atom. The predicted molar refractivity (Wildman–Crippen MR) is 146 cm³/mol. The number of carbonyl (C=O) groups is 4. The first-order valence-corrected chi connectivity index (χ1v) is 14.3. The molecule has 2 fully saturated rings. The third-order valence-corrected chi connectivity index (χ3v) is 9.33. The first kappa shape index (κ1) is 29.7. The Kier molecular flexibility index (Phi) is 8.39. The minimum absolute atomic E-state index is 0.0438. The normalized spacial score (nSPS) is 27.2. The Balaban J connectivity index is 1.52. The number of halogens is 3. The summed E-state index contributed by atoms with van der Waals surface area (Å²) < 4.78 is 57.5. The van der Waals surface area contributed by atoms with Gasteiger partial charge in [-0.2, -0.15) is 13.2 Å². The number of fused-ring (bicyclic) bond motifs is 3. The number of benzene rings is 2. The van der Waals surface area contributed by atoms with Crippen molar-refractivity contribution in [3.8, 4) is 0 Å². The molecule has 3 aliphatic rings. The number of ketones is 2. The lowest BCUT2D eigenvalue weighted by molar-refractivity contribution is -0.269. The van der Waals surface area contributed by atoms with Gasteiger partial charge in [-0.15, -0.1) is 0 Å². The number of esters is 2. The van der Waals surface area contributed by atoms with Crippen molar-refractivity contribution in [2.24, 2.45) is 23.2 Å². The summed E-state index contributed by atoms with van der Waals surface area (Å²) in [7, 11) is 0. The minimum atomic E-state index is -4.69. The zero-order valence-electron chi connectivity index (χ0n) is 23.3. The van der Waals surface area contributed by atoms with Crippen molar-refractivity contribution < 1.29 is 41.8 Å². The van der Waals surface area contributed by atoms with Gasteiger partial charge in [-0.3, -0.25) is 4.79 Å². The standard InChI is InChI=1S/C33H33F3O6/c1-20(37)12-13-25-23-16-17-32(33(34,35)36)26(24(23)14-15-28(25)38)18-29(42-31(40)22-10-6-3-7-11-22)27(32)19-41-30(39)21-8-4-2-5-9-21/h2-11,24,26-27,29H,12-19H2,1H3/t24?,26-,27+,29+,32+/m0/s1. The van der Waals surface area contributed by atoms with Crippen LogP contribution in [-0.2, 0) is 19.1 Å². The van der Waals surface area contributed by atoms with Crippen LogP contribution in [0.4, 0.5) is 13.2 Å². The van der Waals surface area contributed by atoms with Crippen LogP contribution in [0.15, 0.2) is 71.8 Å². The first-order valence-electron chi connectivity index (χ1n) is 14.3. The molecule has 0 bridgehead atoms. The highest BCUT2D eigenvalue weighted by Gasteiger charge is 2.72. The van der Waals surface area contributed by atoms with E-state index in [0.717, 1.165) is 0 Å².